The molecular formula is C37H26F3N5O3S. The molecule has 8 nitrogen and oxygen atoms in total. The molecule has 0 unspecified atom stereocenters. The number of nitrogens with one attached hydrogen (secondary N) is 1. The first-order valence-electron chi connectivity index (χ1n) is 14.8. The van der Waals surface area contributed by atoms with E-state index >= 15 is 0 Å². The number of hydrogen-bond donors (Lipinski definition) is 1. The Labute approximate surface area is 281 Å². The van der Waals surface area contributed by atoms with Crippen LogP contribution in [0.2, 0.25) is 0 Å². The average molecular weight is 678 g/mol. The van der Waals surface area contributed by atoms with Crippen LogP contribution in [0.15, 0.2) is 120 Å². The number of rotatable bonds is 8. The topological polar surface area (TPSA) is 102 Å². The highest BCUT2D eigenvalue weighted by atomic mass is 32.1. The van der Waals surface area contributed by atoms with E-state index in [4.69, 9.17) is 9.84 Å². The normalized spacial score (nSPS) is 12.3. The number of para-hydroxylation sites is 2. The van der Waals surface area contributed by atoms with Gasteiger partial charge in [0.25, 0.3) is 11.5 Å². The zero-order valence-electron chi connectivity index (χ0n) is 25.8. The van der Waals surface area contributed by atoms with Gasteiger partial charge in [-0.05, 0) is 60.2 Å². The van der Waals surface area contributed by atoms with Crippen LogP contribution >= 0.6 is 11.3 Å². The van der Waals surface area contributed by atoms with Crippen molar-refractivity contribution in [3.8, 4) is 34.5 Å². The first-order chi connectivity index (χ1) is 23.7. The Morgan fingerprint density at radius 3 is 2.27 bits per heavy atom. The van der Waals surface area contributed by atoms with Crippen LogP contribution in [0.5, 0.6) is 5.75 Å². The molecule has 244 valence electrons. The molecule has 0 aliphatic heterocycles. The monoisotopic (exact) mass is 677 g/mol. The summed E-state index contributed by atoms with van der Waals surface area (Å²) in [7, 11) is 1.54. The van der Waals surface area contributed by atoms with Gasteiger partial charge in [0, 0.05) is 23.9 Å². The summed E-state index contributed by atoms with van der Waals surface area (Å²) in [4.78, 5) is 27.6. The van der Waals surface area contributed by atoms with E-state index in [9.17, 15) is 28.0 Å². The summed E-state index contributed by atoms with van der Waals surface area (Å²) in [6, 6.07) is 31.6. The second-order valence-electron chi connectivity index (χ2n) is 10.7. The standard InChI is InChI=1S/C37H26F3N5O3S/c1-48-28-18-16-25(17-19-28)33-26(23-44(43-33)27-12-6-3-7-13-27)20-32-35(47)45(31-15-9-8-14-30(31)37(38,39)40)36(49-32)29(21-41)34(46)42-22-24-10-4-2-5-11-24/h2-20,23H,22H2,1H3,(H,42,46)/b32-20-,36-29-. The van der Waals surface area contributed by atoms with Crippen LogP contribution in [0.25, 0.3) is 34.3 Å². The van der Waals surface area contributed by atoms with Crippen molar-refractivity contribution >= 4 is 28.9 Å². The molecule has 0 aliphatic rings. The fraction of sp³-hybridized carbons (Fsp3) is 0.0811. The predicted octanol–water partition coefficient (Wildman–Crippen LogP) is 5.60. The quantitative estimate of drug-likeness (QED) is 0.226. The number of amides is 1. The van der Waals surface area contributed by atoms with E-state index in [-0.39, 0.29) is 15.7 Å². The highest BCUT2D eigenvalue weighted by Gasteiger charge is 2.34. The largest absolute Gasteiger partial charge is 0.497 e. The fourth-order valence-corrected chi connectivity index (χ4v) is 6.25. The molecule has 4 aromatic carbocycles. The maximum absolute atomic E-state index is 14.3. The molecule has 0 radical (unpaired) electrons. The third kappa shape index (κ3) is 6.93. The smallest absolute Gasteiger partial charge is 0.418 e. The Hall–Kier alpha value is -6.19. The highest BCUT2D eigenvalue weighted by molar-refractivity contribution is 7.07. The lowest BCUT2D eigenvalue weighted by Gasteiger charge is -2.13. The number of nitriles is 1. The first kappa shape index (κ1) is 32.7. The molecule has 0 spiro atoms. The van der Waals surface area contributed by atoms with Gasteiger partial charge in [0.05, 0.1) is 28.6 Å². The predicted molar refractivity (Wildman–Crippen MR) is 181 cm³/mol. The molecule has 0 atom stereocenters. The number of methoxy groups -OCH3 is 1. The van der Waals surface area contributed by atoms with E-state index in [0.29, 0.717) is 22.6 Å². The minimum absolute atomic E-state index is 0.0158. The van der Waals surface area contributed by atoms with Crippen molar-refractivity contribution in [2.24, 2.45) is 0 Å². The van der Waals surface area contributed by atoms with E-state index < -0.39 is 34.5 Å². The molecule has 2 aromatic heterocycles. The Balaban J connectivity index is 1.60. The van der Waals surface area contributed by atoms with Crippen LogP contribution in [0.4, 0.5) is 13.2 Å². The number of benzene rings is 4. The van der Waals surface area contributed by atoms with Crippen molar-refractivity contribution in [3.05, 3.63) is 152 Å². The van der Waals surface area contributed by atoms with Gasteiger partial charge >= 0.3 is 6.18 Å². The van der Waals surface area contributed by atoms with Crippen molar-refractivity contribution < 1.29 is 22.7 Å². The second-order valence-corrected chi connectivity index (χ2v) is 11.7. The van der Waals surface area contributed by atoms with Crippen LogP contribution < -0.4 is 24.8 Å². The minimum atomic E-state index is -4.83. The SMILES string of the molecule is COc1ccc(-c2nn(-c3ccccc3)cc2/C=c2\s/c(=C(/C#N)C(=O)NCc3ccccc3)n(-c3ccccc3C(F)(F)F)c2=O)cc1. The molecule has 0 saturated carbocycles. The van der Waals surface area contributed by atoms with Crippen LogP contribution in [0.3, 0.4) is 0 Å². The lowest BCUT2D eigenvalue weighted by molar-refractivity contribution is -0.137. The minimum Gasteiger partial charge on any atom is -0.497 e. The van der Waals surface area contributed by atoms with E-state index in [1.54, 1.807) is 66.5 Å². The third-order valence-electron chi connectivity index (χ3n) is 7.54. The first-order valence-corrected chi connectivity index (χ1v) is 15.7. The van der Waals surface area contributed by atoms with Crippen molar-refractivity contribution in [2.45, 2.75) is 12.7 Å². The van der Waals surface area contributed by atoms with E-state index in [1.165, 1.54) is 18.2 Å². The summed E-state index contributed by atoms with van der Waals surface area (Å²) in [5.41, 5.74) is 0.162. The van der Waals surface area contributed by atoms with Crippen LogP contribution in [0.1, 0.15) is 16.7 Å². The maximum atomic E-state index is 14.3. The summed E-state index contributed by atoms with van der Waals surface area (Å²) in [6.07, 6.45) is -1.63. The van der Waals surface area contributed by atoms with Crippen LogP contribution in [0, 0.1) is 11.3 Å². The number of hydrogen-bond acceptors (Lipinski definition) is 6. The molecule has 0 aliphatic carbocycles. The van der Waals surface area contributed by atoms with E-state index in [2.05, 4.69) is 5.32 Å². The van der Waals surface area contributed by atoms with Gasteiger partial charge in [0.2, 0.25) is 0 Å². The highest BCUT2D eigenvalue weighted by Crippen LogP contribution is 2.33. The van der Waals surface area contributed by atoms with Crippen molar-refractivity contribution in [3.63, 3.8) is 0 Å². The van der Waals surface area contributed by atoms with Gasteiger partial charge in [-0.2, -0.15) is 23.5 Å². The molecule has 0 fully saturated rings. The van der Waals surface area contributed by atoms with Gasteiger partial charge in [0.1, 0.15) is 22.2 Å². The number of carbonyl (C=O) groups excluding carboxylic acids is 1. The Kier molecular flexibility index (Phi) is 9.28. The van der Waals surface area contributed by atoms with Crippen molar-refractivity contribution in [1.29, 1.82) is 5.26 Å². The molecule has 1 N–H and O–H groups in total. The van der Waals surface area contributed by atoms with Crippen molar-refractivity contribution in [2.75, 3.05) is 7.11 Å². The van der Waals surface area contributed by atoms with Crippen LogP contribution in [-0.2, 0) is 17.5 Å². The van der Waals surface area contributed by atoms with Crippen molar-refractivity contribution in [1.82, 2.24) is 19.7 Å². The second kappa shape index (κ2) is 13.9. The average Bonchev–Trinajstić information content (AvgIpc) is 3.69. The zero-order valence-corrected chi connectivity index (χ0v) is 26.6. The number of carbonyl (C=O) groups is 1. The maximum Gasteiger partial charge on any atom is 0.418 e. The van der Waals surface area contributed by atoms with Gasteiger partial charge < -0.3 is 10.1 Å². The van der Waals surface area contributed by atoms with Gasteiger partial charge in [-0.1, -0.05) is 60.7 Å². The molecule has 0 bridgehead atoms. The summed E-state index contributed by atoms with van der Waals surface area (Å²) in [6.45, 7) is 0.0580. The molecular weight excluding hydrogens is 652 g/mol. The molecule has 0 saturated heterocycles. The summed E-state index contributed by atoms with van der Waals surface area (Å²) < 4.78 is 50.2. The fourth-order valence-electron chi connectivity index (χ4n) is 5.16. The molecule has 6 rings (SSSR count). The summed E-state index contributed by atoms with van der Waals surface area (Å²) in [5, 5.41) is 17.6. The molecule has 49 heavy (non-hydrogen) atoms. The number of thiazole rings is 1. The van der Waals surface area contributed by atoms with Gasteiger partial charge in [-0.3, -0.25) is 14.2 Å². The Morgan fingerprint density at radius 1 is 0.959 bits per heavy atom. The zero-order chi connectivity index (χ0) is 34.5. The van der Waals surface area contributed by atoms with E-state index in [1.807, 2.05) is 42.5 Å². The van der Waals surface area contributed by atoms with Gasteiger partial charge in [0.15, 0.2) is 5.57 Å². The molecule has 6 aromatic rings. The number of ether oxygens (including phenoxy) is 1. The number of halogens is 3. The summed E-state index contributed by atoms with van der Waals surface area (Å²) >= 11 is 0.743. The summed E-state index contributed by atoms with van der Waals surface area (Å²) in [5.74, 6) is -0.218. The lowest BCUT2D eigenvalue weighted by atomic mass is 10.1. The van der Waals surface area contributed by atoms with E-state index in [0.717, 1.165) is 39.3 Å². The Morgan fingerprint density at radius 2 is 1.61 bits per heavy atom. The number of nitrogens with zero attached hydrogens (tertiary/aromatic N) is 4. The van der Waals surface area contributed by atoms with Crippen LogP contribution in [-0.4, -0.2) is 27.4 Å². The molecule has 12 heteroatoms. The number of alkyl halides is 3. The Bertz CT molecular complexity index is 2360. The number of aromatic nitrogens is 3. The lowest BCUT2D eigenvalue weighted by Crippen LogP contribution is -2.34. The third-order valence-corrected chi connectivity index (χ3v) is 8.63. The molecule has 1 amide bonds. The van der Waals surface area contributed by atoms with Gasteiger partial charge in [-0.25, -0.2) is 4.68 Å². The molecule has 2 heterocycles. The van der Waals surface area contributed by atoms with Gasteiger partial charge in [-0.15, -0.1) is 11.3 Å².